The van der Waals surface area contributed by atoms with Gasteiger partial charge in [-0.1, -0.05) is 24.5 Å². The van der Waals surface area contributed by atoms with Crippen molar-refractivity contribution in [3.05, 3.63) is 69.1 Å². The van der Waals surface area contributed by atoms with Crippen molar-refractivity contribution in [2.75, 3.05) is 12.4 Å². The number of anilines is 1. The molecule has 3 aliphatic rings. The Kier molecular flexibility index (Phi) is 10.6. The number of hydrogen-bond donors (Lipinski definition) is 5. The third-order valence-corrected chi connectivity index (χ3v) is 10.8. The molecule has 13 nitrogen and oxygen atoms in total. The number of methoxy groups -OCH3 is 1. The van der Waals surface area contributed by atoms with E-state index >= 15 is 0 Å². The lowest BCUT2D eigenvalue weighted by molar-refractivity contribution is -0.305. The number of phenols is 1. The van der Waals surface area contributed by atoms with Gasteiger partial charge >= 0.3 is 11.7 Å². The van der Waals surface area contributed by atoms with Gasteiger partial charge in [0.25, 0.3) is 5.91 Å². The molecule has 2 amide bonds. The molecule has 286 valence electrons. The number of aryl methyl sites for hydroxylation is 1. The minimum atomic E-state index is -1.48. The number of rotatable bonds is 9. The number of benzene rings is 2. The largest absolute Gasteiger partial charge is 0.508 e. The molecular weight excluding hydrogens is 684 g/mol. The first-order valence-corrected chi connectivity index (χ1v) is 18.1. The van der Waals surface area contributed by atoms with Gasteiger partial charge in [0, 0.05) is 23.8 Å². The summed E-state index contributed by atoms with van der Waals surface area (Å²) in [6, 6.07) is 7.26. The second-order valence-corrected chi connectivity index (χ2v) is 15.8. The molecule has 1 unspecified atom stereocenters. The molecule has 1 aliphatic heterocycles. The third kappa shape index (κ3) is 7.88. The Morgan fingerprint density at radius 1 is 1.06 bits per heavy atom. The minimum absolute atomic E-state index is 0.0159. The molecule has 3 aromatic rings. The fraction of sp³-hybridized carbons (Fsp3) is 0.525. The average molecular weight is 735 g/mol. The van der Waals surface area contributed by atoms with Gasteiger partial charge in [-0.05, 0) is 115 Å². The second-order valence-electron chi connectivity index (χ2n) is 15.8. The predicted molar refractivity (Wildman–Crippen MR) is 196 cm³/mol. The number of aliphatic hydroxyl groups excluding tert-OH is 1. The highest BCUT2D eigenvalue weighted by molar-refractivity contribution is 6.06. The fourth-order valence-electron chi connectivity index (χ4n) is 8.34. The van der Waals surface area contributed by atoms with E-state index in [1.165, 1.54) is 56.7 Å². The van der Waals surface area contributed by atoms with Gasteiger partial charge in [-0.3, -0.25) is 4.79 Å². The molecule has 53 heavy (non-hydrogen) atoms. The van der Waals surface area contributed by atoms with Crippen LogP contribution in [0.4, 0.5) is 10.5 Å². The number of nitrogens with one attached hydrogen (secondary N) is 2. The lowest BCUT2D eigenvalue weighted by atomic mass is 9.76. The number of fused-ring (bicyclic) bond motifs is 3. The van der Waals surface area contributed by atoms with Gasteiger partial charge in [0.1, 0.15) is 23.2 Å². The molecule has 2 heterocycles. The van der Waals surface area contributed by atoms with Crippen LogP contribution in [0.3, 0.4) is 0 Å². The molecule has 1 saturated heterocycles. The number of aliphatic hydroxyl groups is 1. The molecular formula is C40H50N2O11. The van der Waals surface area contributed by atoms with Crippen molar-refractivity contribution in [3.8, 4) is 17.2 Å². The standard InChI is InChI=1S/C40H50N2O11/c1-20(2)8-11-24-17-25(12-14-27(24)43)35(46)41-29-30(44)26-13-15-28(21(3)32(26)51-36(29)47)50-37-31(45)33(34(49-7)39(4,5)53-37)52-38(48)42-40(6)18-22-9-10-23(16-22)19-40/h8,12-15,17,22-23,31,33-34,37,43-45H,9-11,16,18-19H2,1-7H3,(H,41,46)(H,42,48)/t22-,23+,31-,33+,34-,37-,40?/m1/s1. The van der Waals surface area contributed by atoms with Crippen molar-refractivity contribution >= 4 is 28.7 Å². The Morgan fingerprint density at radius 3 is 2.42 bits per heavy atom. The summed E-state index contributed by atoms with van der Waals surface area (Å²) in [5.41, 5.74) is -0.947. The first kappa shape index (κ1) is 38.1. The van der Waals surface area contributed by atoms with Gasteiger partial charge in [-0.15, -0.1) is 0 Å². The zero-order valence-electron chi connectivity index (χ0n) is 31.3. The van der Waals surface area contributed by atoms with Crippen LogP contribution in [0.2, 0.25) is 0 Å². The van der Waals surface area contributed by atoms with Crippen molar-refractivity contribution in [3.63, 3.8) is 0 Å². The molecule has 5 N–H and O–H groups in total. The number of carbonyl (C=O) groups excluding carboxylic acids is 2. The Bertz CT molecular complexity index is 1970. The molecule has 13 heteroatoms. The summed E-state index contributed by atoms with van der Waals surface area (Å²) in [4.78, 5) is 39.7. The zero-order chi connectivity index (χ0) is 38.4. The maximum atomic E-state index is 13.3. The van der Waals surface area contributed by atoms with E-state index in [9.17, 15) is 29.7 Å². The molecule has 2 bridgehead atoms. The molecule has 2 saturated carbocycles. The van der Waals surface area contributed by atoms with Gasteiger partial charge in [-0.25, -0.2) is 9.59 Å². The number of aromatic hydroxyl groups is 2. The van der Waals surface area contributed by atoms with E-state index in [1.807, 2.05) is 26.8 Å². The molecule has 6 rings (SSSR count). The Balaban J connectivity index is 1.21. The fourth-order valence-corrected chi connectivity index (χ4v) is 8.34. The molecule has 2 aliphatic carbocycles. The lowest BCUT2D eigenvalue weighted by Gasteiger charge is -2.48. The summed E-state index contributed by atoms with van der Waals surface area (Å²) in [7, 11) is 1.45. The van der Waals surface area contributed by atoms with Gasteiger partial charge in [0.2, 0.25) is 6.29 Å². The average Bonchev–Trinajstić information content (AvgIpc) is 3.43. The number of ether oxygens (including phenoxy) is 4. The van der Waals surface area contributed by atoms with Crippen molar-refractivity contribution < 1.29 is 48.3 Å². The van der Waals surface area contributed by atoms with Crippen LogP contribution in [0.15, 0.2) is 51.2 Å². The summed E-state index contributed by atoms with van der Waals surface area (Å²) in [6.45, 7) is 11.0. The van der Waals surface area contributed by atoms with Crippen LogP contribution in [0, 0.1) is 18.8 Å². The number of hydrogen-bond acceptors (Lipinski definition) is 11. The second kappa shape index (κ2) is 14.7. The van der Waals surface area contributed by atoms with E-state index in [2.05, 4.69) is 10.6 Å². The molecule has 7 atom stereocenters. The maximum absolute atomic E-state index is 13.3. The summed E-state index contributed by atoms with van der Waals surface area (Å²) in [5.74, 6) is 0.143. The van der Waals surface area contributed by atoms with E-state index in [-0.39, 0.29) is 28.0 Å². The molecule has 0 spiro atoms. The quantitative estimate of drug-likeness (QED) is 0.124. The monoisotopic (exact) mass is 734 g/mol. The van der Waals surface area contributed by atoms with Crippen LogP contribution >= 0.6 is 0 Å². The van der Waals surface area contributed by atoms with Crippen molar-refractivity contribution in [1.29, 1.82) is 0 Å². The molecule has 0 radical (unpaired) electrons. The lowest BCUT2D eigenvalue weighted by Crippen LogP contribution is -2.65. The number of allylic oxidation sites excluding steroid dienone is 2. The summed E-state index contributed by atoms with van der Waals surface area (Å²) >= 11 is 0. The van der Waals surface area contributed by atoms with E-state index in [0.717, 1.165) is 18.4 Å². The highest BCUT2D eigenvalue weighted by atomic mass is 16.7. The highest BCUT2D eigenvalue weighted by Gasteiger charge is 2.54. The van der Waals surface area contributed by atoms with Crippen LogP contribution in [0.5, 0.6) is 17.2 Å². The zero-order valence-corrected chi connectivity index (χ0v) is 31.3. The van der Waals surface area contributed by atoms with Gasteiger partial charge in [0.15, 0.2) is 23.6 Å². The molecule has 3 fully saturated rings. The van der Waals surface area contributed by atoms with Gasteiger partial charge in [0.05, 0.1) is 11.0 Å². The van der Waals surface area contributed by atoms with Crippen LogP contribution in [0.1, 0.15) is 88.2 Å². The number of alkyl carbamates (subject to hydrolysis) is 1. The first-order chi connectivity index (χ1) is 25.0. The van der Waals surface area contributed by atoms with Crippen LogP contribution < -0.4 is 21.0 Å². The van der Waals surface area contributed by atoms with Crippen molar-refractivity contribution in [2.24, 2.45) is 11.8 Å². The summed E-state index contributed by atoms with van der Waals surface area (Å²) < 4.78 is 29.5. The predicted octanol–water partition coefficient (Wildman–Crippen LogP) is 6.23. The third-order valence-electron chi connectivity index (χ3n) is 10.8. The van der Waals surface area contributed by atoms with E-state index in [0.29, 0.717) is 29.4 Å². The van der Waals surface area contributed by atoms with Crippen molar-refractivity contribution in [2.45, 2.75) is 116 Å². The van der Waals surface area contributed by atoms with E-state index < -0.39 is 64.8 Å². The molecule has 2 aromatic carbocycles. The normalized spacial score (nSPS) is 27.5. The smallest absolute Gasteiger partial charge is 0.408 e. The van der Waals surface area contributed by atoms with Crippen LogP contribution in [-0.4, -0.2) is 70.2 Å². The molecule has 1 aromatic heterocycles. The van der Waals surface area contributed by atoms with Gasteiger partial charge < -0.3 is 49.3 Å². The Morgan fingerprint density at radius 2 is 1.75 bits per heavy atom. The number of amides is 2. The first-order valence-electron chi connectivity index (χ1n) is 18.1. The SMILES string of the molecule is CO[C@@H]1[C@@H](OC(=O)NC2(C)C[C@@H]3CC[C@@H](C3)C2)[C@@H](O)[C@H](Oc2ccc3c(O)c(NC(=O)c4ccc(O)c(CC=C(C)C)c4)c(=O)oc3c2C)OC1(C)C. The van der Waals surface area contributed by atoms with Crippen molar-refractivity contribution in [1.82, 2.24) is 5.32 Å². The highest BCUT2D eigenvalue weighted by Crippen LogP contribution is 2.46. The number of phenolic OH excluding ortho intramolecular Hbond substituents is 1. The Labute approximate surface area is 308 Å². The van der Waals surface area contributed by atoms with E-state index in [1.54, 1.807) is 20.8 Å². The minimum Gasteiger partial charge on any atom is -0.508 e. The van der Waals surface area contributed by atoms with E-state index in [4.69, 9.17) is 23.4 Å². The van der Waals surface area contributed by atoms with Gasteiger partial charge in [-0.2, -0.15) is 0 Å². The number of carbonyl (C=O) groups is 2. The maximum Gasteiger partial charge on any atom is 0.408 e. The summed E-state index contributed by atoms with van der Waals surface area (Å²) in [6.07, 6.45) is 2.10. The summed E-state index contributed by atoms with van der Waals surface area (Å²) in [5, 5.41) is 38.6. The van der Waals surface area contributed by atoms with Crippen LogP contribution in [-0.2, 0) is 20.6 Å². The Hall–Kier alpha value is -4.59. The topological polar surface area (TPSA) is 186 Å². The van der Waals surface area contributed by atoms with Crippen LogP contribution in [0.25, 0.3) is 11.0 Å².